The van der Waals surface area contributed by atoms with Crippen molar-refractivity contribution in [2.45, 2.75) is 81.5 Å². The van der Waals surface area contributed by atoms with Crippen LogP contribution in [0.25, 0.3) is 0 Å². The topological polar surface area (TPSA) is 108 Å². The number of fused-ring (bicyclic) bond motifs is 2. The number of benzene rings is 1. The van der Waals surface area contributed by atoms with Gasteiger partial charge >= 0.3 is 0 Å². The molecule has 2 saturated heterocycles. The summed E-state index contributed by atoms with van der Waals surface area (Å²) in [7, 11) is 0. The molecule has 2 bridgehead atoms. The number of hydrogen-bond acceptors (Lipinski definition) is 5. The third-order valence-corrected chi connectivity index (χ3v) is 7.68. The first-order chi connectivity index (χ1) is 14.6. The standard InChI is InChI=1S/C23H31N5O2/c24-23(30)16-3-1-2-15(10-16)17-11-18-6-7-19(12-17)28(18)22(21-13-25-27-26-21)14-4-8-20(29)9-5-14/h1-3,10,13-14,17-20,22,29H,4-9,11-12H2,(H2,24,30)(H,25,26,27). The number of aliphatic hydroxyl groups is 1. The van der Waals surface area contributed by atoms with E-state index in [1.807, 2.05) is 18.3 Å². The number of primary amides is 1. The summed E-state index contributed by atoms with van der Waals surface area (Å²) in [6.45, 7) is 0. The molecule has 7 heteroatoms. The van der Waals surface area contributed by atoms with Crippen molar-refractivity contribution in [2.24, 2.45) is 11.7 Å². The molecule has 1 aromatic heterocycles. The number of amides is 1. The van der Waals surface area contributed by atoms with Crippen LogP contribution in [0.2, 0.25) is 0 Å². The molecule has 0 spiro atoms. The Labute approximate surface area is 177 Å². The molecule has 1 amide bonds. The predicted octanol–water partition coefficient (Wildman–Crippen LogP) is 2.91. The Balaban J connectivity index is 1.39. The highest BCUT2D eigenvalue weighted by Crippen LogP contribution is 2.50. The van der Waals surface area contributed by atoms with E-state index < -0.39 is 0 Å². The number of nitrogens with zero attached hydrogens (tertiary/aromatic N) is 3. The van der Waals surface area contributed by atoms with Crippen LogP contribution in [-0.2, 0) is 0 Å². The smallest absolute Gasteiger partial charge is 0.248 e. The van der Waals surface area contributed by atoms with Crippen molar-refractivity contribution in [3.05, 3.63) is 47.3 Å². The number of aliphatic hydroxyl groups excluding tert-OH is 1. The minimum absolute atomic E-state index is 0.154. The number of hydrogen-bond donors (Lipinski definition) is 3. The van der Waals surface area contributed by atoms with Gasteiger partial charge in [0.1, 0.15) is 0 Å². The highest BCUT2D eigenvalue weighted by molar-refractivity contribution is 5.92. The average Bonchev–Trinajstić information content (AvgIpc) is 3.36. The monoisotopic (exact) mass is 409 g/mol. The molecule has 2 aromatic rings. The van der Waals surface area contributed by atoms with Gasteiger partial charge in [0.25, 0.3) is 0 Å². The van der Waals surface area contributed by atoms with E-state index in [1.54, 1.807) is 6.07 Å². The fraction of sp³-hybridized carbons (Fsp3) is 0.609. The lowest BCUT2D eigenvalue weighted by atomic mass is 9.77. The molecule has 30 heavy (non-hydrogen) atoms. The van der Waals surface area contributed by atoms with Crippen molar-refractivity contribution in [2.75, 3.05) is 0 Å². The van der Waals surface area contributed by atoms with Crippen LogP contribution < -0.4 is 5.73 Å². The second-order valence-corrected chi connectivity index (χ2v) is 9.40. The quantitative estimate of drug-likeness (QED) is 0.704. The van der Waals surface area contributed by atoms with Gasteiger partial charge in [-0.05, 0) is 80.9 Å². The molecular weight excluding hydrogens is 378 g/mol. The van der Waals surface area contributed by atoms with E-state index in [0.717, 1.165) is 44.2 Å². The lowest BCUT2D eigenvalue weighted by Crippen LogP contribution is -2.47. The average molecular weight is 410 g/mol. The largest absolute Gasteiger partial charge is 0.393 e. The Hall–Kier alpha value is -2.25. The first kappa shape index (κ1) is 19.7. The van der Waals surface area contributed by atoms with Gasteiger partial charge in [0.15, 0.2) is 0 Å². The van der Waals surface area contributed by atoms with Crippen molar-refractivity contribution in [3.63, 3.8) is 0 Å². The van der Waals surface area contributed by atoms with E-state index in [4.69, 9.17) is 5.73 Å². The molecule has 3 unspecified atom stereocenters. The van der Waals surface area contributed by atoms with Gasteiger partial charge in [-0.1, -0.05) is 17.3 Å². The minimum atomic E-state index is -0.358. The molecular formula is C23H31N5O2. The van der Waals surface area contributed by atoms with E-state index in [-0.39, 0.29) is 18.1 Å². The number of piperidine rings is 1. The van der Waals surface area contributed by atoms with Crippen molar-refractivity contribution in [1.29, 1.82) is 0 Å². The van der Waals surface area contributed by atoms with Crippen LogP contribution in [0.3, 0.4) is 0 Å². The number of nitrogens with two attached hydrogens (primary N) is 1. The van der Waals surface area contributed by atoms with Crippen molar-refractivity contribution in [1.82, 2.24) is 20.3 Å². The molecule has 4 N–H and O–H groups in total. The van der Waals surface area contributed by atoms with Crippen LogP contribution in [0.1, 0.15) is 84.9 Å². The number of aromatic amines is 1. The molecule has 1 aliphatic carbocycles. The summed E-state index contributed by atoms with van der Waals surface area (Å²) in [5, 5.41) is 21.4. The summed E-state index contributed by atoms with van der Waals surface area (Å²) in [5.74, 6) is 0.614. The first-order valence-electron chi connectivity index (χ1n) is 11.3. The van der Waals surface area contributed by atoms with Crippen LogP contribution >= 0.6 is 0 Å². The van der Waals surface area contributed by atoms with E-state index in [9.17, 15) is 9.90 Å². The number of H-pyrrole nitrogens is 1. The summed E-state index contributed by atoms with van der Waals surface area (Å²) in [5.41, 5.74) is 8.39. The summed E-state index contributed by atoms with van der Waals surface area (Å²) in [4.78, 5) is 14.4. The van der Waals surface area contributed by atoms with Crippen molar-refractivity contribution >= 4 is 5.91 Å². The van der Waals surface area contributed by atoms with Gasteiger partial charge in [-0.25, -0.2) is 0 Å². The van der Waals surface area contributed by atoms with Gasteiger partial charge in [0, 0.05) is 23.8 Å². The summed E-state index contributed by atoms with van der Waals surface area (Å²) in [6, 6.07) is 9.18. The lowest BCUT2D eigenvalue weighted by molar-refractivity contribution is 0.0132. The Kier molecular flexibility index (Phi) is 5.33. The Bertz CT molecular complexity index is 863. The third kappa shape index (κ3) is 3.65. The zero-order valence-electron chi connectivity index (χ0n) is 17.3. The van der Waals surface area contributed by atoms with E-state index in [2.05, 4.69) is 26.4 Å². The van der Waals surface area contributed by atoms with Crippen LogP contribution in [0.15, 0.2) is 30.5 Å². The van der Waals surface area contributed by atoms with Gasteiger partial charge in [-0.15, -0.1) is 5.10 Å². The second kappa shape index (κ2) is 8.12. The fourth-order valence-corrected chi connectivity index (χ4v) is 6.30. The highest BCUT2D eigenvalue weighted by Gasteiger charge is 2.47. The van der Waals surface area contributed by atoms with Crippen LogP contribution in [0.5, 0.6) is 0 Å². The number of carbonyl (C=O) groups excluding carboxylic acids is 1. The maximum Gasteiger partial charge on any atom is 0.248 e. The molecule has 3 aliphatic rings. The molecule has 5 rings (SSSR count). The van der Waals surface area contributed by atoms with Crippen LogP contribution in [-0.4, -0.2) is 49.5 Å². The van der Waals surface area contributed by atoms with E-state index >= 15 is 0 Å². The predicted molar refractivity (Wildman–Crippen MR) is 113 cm³/mol. The Morgan fingerprint density at radius 2 is 1.87 bits per heavy atom. The number of rotatable bonds is 5. The minimum Gasteiger partial charge on any atom is -0.393 e. The fourth-order valence-electron chi connectivity index (χ4n) is 6.30. The van der Waals surface area contributed by atoms with Gasteiger partial charge in [-0.2, -0.15) is 0 Å². The molecule has 3 heterocycles. The van der Waals surface area contributed by atoms with Crippen LogP contribution in [0, 0.1) is 5.92 Å². The van der Waals surface area contributed by atoms with Crippen LogP contribution in [0.4, 0.5) is 0 Å². The number of carbonyl (C=O) groups is 1. The highest BCUT2D eigenvalue weighted by atomic mass is 16.3. The molecule has 3 atom stereocenters. The lowest BCUT2D eigenvalue weighted by Gasteiger charge is -2.46. The molecule has 2 aliphatic heterocycles. The summed E-state index contributed by atoms with van der Waals surface area (Å²) in [6.07, 6.45) is 10.3. The number of aromatic nitrogens is 3. The molecule has 0 radical (unpaired) electrons. The second-order valence-electron chi connectivity index (χ2n) is 9.40. The Morgan fingerprint density at radius 3 is 2.50 bits per heavy atom. The molecule has 1 saturated carbocycles. The van der Waals surface area contributed by atoms with Crippen molar-refractivity contribution < 1.29 is 9.90 Å². The Morgan fingerprint density at radius 1 is 1.13 bits per heavy atom. The summed E-state index contributed by atoms with van der Waals surface area (Å²) < 4.78 is 0. The van der Waals surface area contributed by atoms with Gasteiger partial charge in [0.2, 0.25) is 5.91 Å². The van der Waals surface area contributed by atoms with E-state index in [1.165, 1.54) is 18.4 Å². The van der Waals surface area contributed by atoms with Gasteiger partial charge in [0.05, 0.1) is 17.8 Å². The maximum absolute atomic E-state index is 11.6. The van der Waals surface area contributed by atoms with Gasteiger partial charge in [-0.3, -0.25) is 14.8 Å². The third-order valence-electron chi connectivity index (χ3n) is 7.68. The maximum atomic E-state index is 11.6. The molecule has 1 aromatic carbocycles. The summed E-state index contributed by atoms with van der Waals surface area (Å²) >= 11 is 0. The van der Waals surface area contributed by atoms with Gasteiger partial charge < -0.3 is 10.8 Å². The number of nitrogens with one attached hydrogen (secondary N) is 1. The first-order valence-corrected chi connectivity index (χ1v) is 11.3. The zero-order valence-corrected chi connectivity index (χ0v) is 17.3. The molecule has 7 nitrogen and oxygen atoms in total. The van der Waals surface area contributed by atoms with Crippen molar-refractivity contribution in [3.8, 4) is 0 Å². The normalized spacial score (nSPS) is 32.8. The molecule has 3 fully saturated rings. The molecule has 160 valence electrons. The van der Waals surface area contributed by atoms with E-state index in [0.29, 0.717) is 29.5 Å². The zero-order chi connectivity index (χ0) is 20.7. The SMILES string of the molecule is NC(=O)c1cccc(C2CC3CCC(C2)N3C(c2c[nH]nn2)C2CCC(O)CC2)c1.